The van der Waals surface area contributed by atoms with Gasteiger partial charge >= 0.3 is 0 Å². The average Bonchev–Trinajstić information content (AvgIpc) is 2.56. The lowest BCUT2D eigenvalue weighted by atomic mass is 9.90. The van der Waals surface area contributed by atoms with Gasteiger partial charge in [0.15, 0.2) is 0 Å². The molecule has 4 heteroatoms. The SMILES string of the molecule is Cl.Cn1cc(CNCCCCC(C)(C)C)cn1. The van der Waals surface area contributed by atoms with Gasteiger partial charge in [-0.1, -0.05) is 27.2 Å². The Morgan fingerprint density at radius 2 is 2.00 bits per heavy atom. The maximum atomic E-state index is 4.14. The van der Waals surface area contributed by atoms with Crippen LogP contribution >= 0.6 is 12.4 Å². The normalized spacial score (nSPS) is 11.3. The van der Waals surface area contributed by atoms with Crippen molar-refractivity contribution < 1.29 is 0 Å². The molecule has 1 aromatic rings. The minimum Gasteiger partial charge on any atom is -0.313 e. The molecule has 1 rings (SSSR count). The Balaban J connectivity index is 0.00000256. The number of aryl methyl sites for hydroxylation is 1. The van der Waals surface area contributed by atoms with Crippen LogP contribution in [0.1, 0.15) is 45.6 Å². The third kappa shape index (κ3) is 8.22. The molecule has 0 aliphatic carbocycles. The first-order chi connectivity index (χ1) is 7.47. The summed E-state index contributed by atoms with van der Waals surface area (Å²) >= 11 is 0. The lowest BCUT2D eigenvalue weighted by Crippen LogP contribution is -2.15. The molecule has 0 aliphatic heterocycles. The van der Waals surface area contributed by atoms with Gasteiger partial charge in [0, 0.05) is 25.4 Å². The van der Waals surface area contributed by atoms with Gasteiger partial charge in [-0.3, -0.25) is 4.68 Å². The number of nitrogens with zero attached hydrogens (tertiary/aromatic N) is 2. The summed E-state index contributed by atoms with van der Waals surface area (Å²) in [4.78, 5) is 0. The molecule has 0 saturated heterocycles. The van der Waals surface area contributed by atoms with E-state index < -0.39 is 0 Å². The van der Waals surface area contributed by atoms with Crippen LogP contribution in [0, 0.1) is 5.41 Å². The van der Waals surface area contributed by atoms with E-state index in [1.165, 1.54) is 24.8 Å². The largest absolute Gasteiger partial charge is 0.313 e. The van der Waals surface area contributed by atoms with Gasteiger partial charge in [0.1, 0.15) is 0 Å². The second-order valence-electron chi connectivity index (χ2n) is 5.72. The maximum absolute atomic E-state index is 4.14. The van der Waals surface area contributed by atoms with Crippen molar-refractivity contribution in [3.8, 4) is 0 Å². The van der Waals surface area contributed by atoms with Crippen molar-refractivity contribution in [3.63, 3.8) is 0 Å². The van der Waals surface area contributed by atoms with Crippen LogP contribution in [0.4, 0.5) is 0 Å². The highest BCUT2D eigenvalue weighted by Gasteiger charge is 2.08. The Labute approximate surface area is 111 Å². The fourth-order valence-corrected chi connectivity index (χ4v) is 1.70. The van der Waals surface area contributed by atoms with E-state index in [-0.39, 0.29) is 12.4 Å². The first-order valence-corrected chi connectivity index (χ1v) is 6.16. The third-order valence-corrected chi connectivity index (χ3v) is 2.62. The van der Waals surface area contributed by atoms with Crippen molar-refractivity contribution in [2.75, 3.05) is 6.54 Å². The number of halogens is 1. The number of hydrogen-bond acceptors (Lipinski definition) is 2. The molecule has 17 heavy (non-hydrogen) atoms. The Kier molecular flexibility index (Phi) is 7.48. The van der Waals surface area contributed by atoms with E-state index in [1.54, 1.807) is 0 Å². The molecule has 3 nitrogen and oxygen atoms in total. The van der Waals surface area contributed by atoms with Crippen molar-refractivity contribution in [3.05, 3.63) is 18.0 Å². The van der Waals surface area contributed by atoms with Crippen molar-refractivity contribution in [1.82, 2.24) is 15.1 Å². The zero-order chi connectivity index (χ0) is 12.0. The molecule has 0 amide bonds. The van der Waals surface area contributed by atoms with Gasteiger partial charge in [-0.15, -0.1) is 12.4 Å². The van der Waals surface area contributed by atoms with Crippen LogP contribution in [0.2, 0.25) is 0 Å². The van der Waals surface area contributed by atoms with Gasteiger partial charge in [-0.05, 0) is 24.8 Å². The van der Waals surface area contributed by atoms with Gasteiger partial charge in [-0.25, -0.2) is 0 Å². The summed E-state index contributed by atoms with van der Waals surface area (Å²) in [5.41, 5.74) is 1.74. The van der Waals surface area contributed by atoms with E-state index in [0.717, 1.165) is 13.1 Å². The maximum Gasteiger partial charge on any atom is 0.0534 e. The molecule has 0 radical (unpaired) electrons. The predicted octanol–water partition coefficient (Wildman–Crippen LogP) is 3.15. The van der Waals surface area contributed by atoms with E-state index >= 15 is 0 Å². The molecule has 0 fully saturated rings. The smallest absolute Gasteiger partial charge is 0.0534 e. The molecule has 100 valence electrons. The van der Waals surface area contributed by atoms with Crippen LogP contribution in [-0.2, 0) is 13.6 Å². The quantitative estimate of drug-likeness (QED) is 0.796. The predicted molar refractivity (Wildman–Crippen MR) is 75.5 cm³/mol. The molecule has 1 heterocycles. The van der Waals surface area contributed by atoms with E-state index in [4.69, 9.17) is 0 Å². The topological polar surface area (TPSA) is 29.9 Å². The van der Waals surface area contributed by atoms with Crippen LogP contribution in [0.25, 0.3) is 0 Å². The van der Waals surface area contributed by atoms with Gasteiger partial charge in [0.2, 0.25) is 0 Å². The molecule has 0 atom stereocenters. The lowest BCUT2D eigenvalue weighted by molar-refractivity contribution is 0.358. The molecule has 0 spiro atoms. The van der Waals surface area contributed by atoms with Crippen LogP contribution in [-0.4, -0.2) is 16.3 Å². The average molecular weight is 260 g/mol. The van der Waals surface area contributed by atoms with Crippen LogP contribution < -0.4 is 5.32 Å². The standard InChI is InChI=1S/C13H25N3.ClH/c1-13(2,3)7-5-6-8-14-9-12-10-15-16(4)11-12;/h10-11,14H,5-9H2,1-4H3;1H. The van der Waals surface area contributed by atoms with Gasteiger partial charge in [0.25, 0.3) is 0 Å². The highest BCUT2D eigenvalue weighted by molar-refractivity contribution is 5.85. The monoisotopic (exact) mass is 259 g/mol. The number of rotatable bonds is 6. The van der Waals surface area contributed by atoms with Crippen LogP contribution in [0.3, 0.4) is 0 Å². The molecule has 0 aliphatic rings. The molecule has 0 saturated carbocycles. The number of hydrogen-bond donors (Lipinski definition) is 1. The molecule has 1 aromatic heterocycles. The highest BCUT2D eigenvalue weighted by Crippen LogP contribution is 2.21. The zero-order valence-corrected chi connectivity index (χ0v) is 12.3. The number of aromatic nitrogens is 2. The summed E-state index contributed by atoms with van der Waals surface area (Å²) in [6.45, 7) is 8.94. The van der Waals surface area contributed by atoms with Crippen LogP contribution in [0.5, 0.6) is 0 Å². The Hall–Kier alpha value is -0.540. The Morgan fingerprint density at radius 3 is 2.53 bits per heavy atom. The minimum absolute atomic E-state index is 0. The van der Waals surface area contributed by atoms with Crippen molar-refractivity contribution >= 4 is 12.4 Å². The van der Waals surface area contributed by atoms with E-state index in [0.29, 0.717) is 5.41 Å². The summed E-state index contributed by atoms with van der Waals surface area (Å²) in [6.07, 6.45) is 7.85. The molecule has 0 bridgehead atoms. The van der Waals surface area contributed by atoms with Crippen molar-refractivity contribution in [1.29, 1.82) is 0 Å². The minimum atomic E-state index is 0. The summed E-state index contributed by atoms with van der Waals surface area (Å²) < 4.78 is 1.84. The fraction of sp³-hybridized carbons (Fsp3) is 0.769. The van der Waals surface area contributed by atoms with Gasteiger partial charge in [0.05, 0.1) is 6.20 Å². The second kappa shape index (κ2) is 7.72. The molecule has 1 N–H and O–H groups in total. The van der Waals surface area contributed by atoms with E-state index in [1.807, 2.05) is 17.9 Å². The molecule has 0 aromatic carbocycles. The lowest BCUT2D eigenvalue weighted by Gasteiger charge is -2.17. The van der Waals surface area contributed by atoms with Gasteiger partial charge < -0.3 is 5.32 Å². The first-order valence-electron chi connectivity index (χ1n) is 6.16. The highest BCUT2D eigenvalue weighted by atomic mass is 35.5. The number of nitrogens with one attached hydrogen (secondary N) is 1. The van der Waals surface area contributed by atoms with Crippen LogP contribution in [0.15, 0.2) is 12.4 Å². The van der Waals surface area contributed by atoms with Gasteiger partial charge in [-0.2, -0.15) is 5.10 Å². The van der Waals surface area contributed by atoms with Crippen molar-refractivity contribution in [2.45, 2.75) is 46.6 Å². The first kappa shape index (κ1) is 16.5. The molecule has 0 unspecified atom stereocenters. The summed E-state index contributed by atoms with van der Waals surface area (Å²) in [5, 5.41) is 7.59. The molecular weight excluding hydrogens is 234 g/mol. The van der Waals surface area contributed by atoms with E-state index in [2.05, 4.69) is 37.4 Å². The summed E-state index contributed by atoms with van der Waals surface area (Å²) in [5.74, 6) is 0. The van der Waals surface area contributed by atoms with Crippen molar-refractivity contribution in [2.24, 2.45) is 12.5 Å². The Morgan fingerprint density at radius 1 is 1.29 bits per heavy atom. The molecular formula is C13H26ClN3. The third-order valence-electron chi connectivity index (χ3n) is 2.62. The number of unbranched alkanes of at least 4 members (excludes halogenated alkanes) is 1. The fourth-order valence-electron chi connectivity index (χ4n) is 1.70. The summed E-state index contributed by atoms with van der Waals surface area (Å²) in [6, 6.07) is 0. The Bertz CT molecular complexity index is 302. The second-order valence-corrected chi connectivity index (χ2v) is 5.72. The zero-order valence-electron chi connectivity index (χ0n) is 11.5. The van der Waals surface area contributed by atoms with E-state index in [9.17, 15) is 0 Å². The summed E-state index contributed by atoms with van der Waals surface area (Å²) in [7, 11) is 1.95.